The average molecular weight is 189 g/mol. The Bertz CT molecular complexity index is 275. The lowest BCUT2D eigenvalue weighted by molar-refractivity contribution is 0.467. The van der Waals surface area contributed by atoms with Gasteiger partial charge < -0.3 is 5.73 Å². The van der Waals surface area contributed by atoms with Gasteiger partial charge in [-0.2, -0.15) is 0 Å². The van der Waals surface area contributed by atoms with Crippen molar-refractivity contribution in [1.29, 1.82) is 0 Å². The van der Waals surface area contributed by atoms with Crippen LogP contribution in [-0.4, -0.2) is 25.0 Å². The van der Waals surface area contributed by atoms with E-state index < -0.39 is 14.6 Å². The van der Waals surface area contributed by atoms with E-state index in [9.17, 15) is 8.42 Å². The van der Waals surface area contributed by atoms with E-state index in [-0.39, 0.29) is 5.25 Å². The van der Waals surface area contributed by atoms with Gasteiger partial charge in [0.05, 0.1) is 10.00 Å². The third-order valence-electron chi connectivity index (χ3n) is 3.27. The fourth-order valence-corrected chi connectivity index (χ4v) is 4.34. The first-order chi connectivity index (χ1) is 5.62. The maximum atomic E-state index is 11.8. The summed E-state index contributed by atoms with van der Waals surface area (Å²) in [5, 5.41) is -0.0523. The molecule has 2 aliphatic carbocycles. The smallest absolute Gasteiger partial charge is 0.160 e. The summed E-state index contributed by atoms with van der Waals surface area (Å²) in [5.74, 6) is 0. The topological polar surface area (TPSA) is 60.2 Å². The summed E-state index contributed by atoms with van der Waals surface area (Å²) in [5.41, 5.74) is 5.49. The highest BCUT2D eigenvalue weighted by Gasteiger charge is 2.56. The Hall–Kier alpha value is -0.0900. The average Bonchev–Trinajstić information content (AvgIpc) is 2.60. The van der Waals surface area contributed by atoms with Gasteiger partial charge in [0, 0.05) is 6.54 Å². The van der Waals surface area contributed by atoms with Crippen molar-refractivity contribution >= 4 is 9.84 Å². The Kier molecular flexibility index (Phi) is 1.74. The van der Waals surface area contributed by atoms with Crippen molar-refractivity contribution in [3.05, 3.63) is 0 Å². The molecule has 3 nitrogen and oxygen atoms in total. The molecule has 0 radical (unpaired) electrons. The maximum absolute atomic E-state index is 11.8. The number of hydrogen-bond donors (Lipinski definition) is 1. The minimum absolute atomic E-state index is 0.0523. The van der Waals surface area contributed by atoms with E-state index in [4.69, 9.17) is 5.73 Å². The van der Waals surface area contributed by atoms with Gasteiger partial charge in [-0.3, -0.25) is 0 Å². The molecule has 12 heavy (non-hydrogen) atoms. The van der Waals surface area contributed by atoms with Gasteiger partial charge in [-0.05, 0) is 25.7 Å². The van der Waals surface area contributed by atoms with Gasteiger partial charge in [0.2, 0.25) is 0 Å². The molecule has 0 atom stereocenters. The molecular formula is C8H15NO2S. The Labute approximate surface area is 73.2 Å². The summed E-state index contributed by atoms with van der Waals surface area (Å²) in [4.78, 5) is 0. The minimum Gasteiger partial charge on any atom is -0.329 e. The molecule has 0 aromatic carbocycles. The van der Waals surface area contributed by atoms with E-state index in [0.29, 0.717) is 6.54 Å². The van der Waals surface area contributed by atoms with Crippen LogP contribution in [0.3, 0.4) is 0 Å². The molecule has 0 heterocycles. The van der Waals surface area contributed by atoms with E-state index in [1.807, 2.05) is 0 Å². The largest absolute Gasteiger partial charge is 0.329 e. The molecule has 0 bridgehead atoms. The van der Waals surface area contributed by atoms with Crippen LogP contribution in [0.15, 0.2) is 0 Å². The second kappa shape index (κ2) is 2.45. The highest BCUT2D eigenvalue weighted by atomic mass is 32.2. The monoisotopic (exact) mass is 189 g/mol. The molecule has 70 valence electrons. The Morgan fingerprint density at radius 2 is 1.92 bits per heavy atom. The van der Waals surface area contributed by atoms with Crippen molar-refractivity contribution in [2.45, 2.75) is 42.1 Å². The Morgan fingerprint density at radius 1 is 1.33 bits per heavy atom. The predicted octanol–water partition coefficient (Wildman–Crippen LogP) is 0.445. The van der Waals surface area contributed by atoms with Gasteiger partial charge in [0.25, 0.3) is 0 Å². The van der Waals surface area contributed by atoms with E-state index in [1.165, 1.54) is 0 Å². The van der Waals surface area contributed by atoms with Crippen molar-refractivity contribution < 1.29 is 8.42 Å². The number of hydrogen-bond acceptors (Lipinski definition) is 3. The number of sulfone groups is 1. The summed E-state index contributed by atoms with van der Waals surface area (Å²) in [6, 6.07) is 0. The maximum Gasteiger partial charge on any atom is 0.160 e. The van der Waals surface area contributed by atoms with Gasteiger partial charge >= 0.3 is 0 Å². The van der Waals surface area contributed by atoms with Gasteiger partial charge in [0.15, 0.2) is 9.84 Å². The second-order valence-corrected chi connectivity index (χ2v) is 6.61. The Morgan fingerprint density at radius 3 is 2.17 bits per heavy atom. The van der Waals surface area contributed by atoms with Crippen molar-refractivity contribution in [2.75, 3.05) is 6.54 Å². The molecule has 2 aliphatic rings. The molecule has 0 amide bonds. The lowest BCUT2D eigenvalue weighted by atomic mass is 10.00. The van der Waals surface area contributed by atoms with Crippen LogP contribution >= 0.6 is 0 Å². The van der Waals surface area contributed by atoms with E-state index in [2.05, 4.69) is 0 Å². The van der Waals surface area contributed by atoms with Crippen LogP contribution in [0, 0.1) is 0 Å². The van der Waals surface area contributed by atoms with Crippen LogP contribution in [0.1, 0.15) is 32.1 Å². The van der Waals surface area contributed by atoms with Crippen molar-refractivity contribution in [3.63, 3.8) is 0 Å². The molecular weight excluding hydrogens is 174 g/mol. The summed E-state index contributed by atoms with van der Waals surface area (Å²) >= 11 is 0. The van der Waals surface area contributed by atoms with E-state index in [1.54, 1.807) is 0 Å². The molecule has 0 spiro atoms. The summed E-state index contributed by atoms with van der Waals surface area (Å²) in [6.45, 7) is 0.325. The summed E-state index contributed by atoms with van der Waals surface area (Å²) in [7, 11) is -2.87. The van der Waals surface area contributed by atoms with Crippen LogP contribution in [0.25, 0.3) is 0 Å². The standard InChI is InChI=1S/C8H15NO2S/c9-6-8(4-5-8)12(10,11)7-2-1-3-7/h7H,1-6,9H2. The van der Waals surface area contributed by atoms with Gasteiger partial charge in [-0.25, -0.2) is 8.42 Å². The molecule has 2 N–H and O–H groups in total. The highest BCUT2D eigenvalue weighted by Crippen LogP contribution is 2.47. The second-order valence-electron chi connectivity index (χ2n) is 3.99. The molecule has 0 aromatic heterocycles. The summed E-state index contributed by atoms with van der Waals surface area (Å²) < 4.78 is 23.2. The third-order valence-corrected chi connectivity index (χ3v) is 6.41. The quantitative estimate of drug-likeness (QED) is 0.701. The van der Waals surface area contributed by atoms with Gasteiger partial charge in [-0.15, -0.1) is 0 Å². The first-order valence-electron chi connectivity index (χ1n) is 4.56. The molecule has 2 fully saturated rings. The van der Waals surface area contributed by atoms with E-state index in [0.717, 1.165) is 32.1 Å². The number of rotatable bonds is 3. The van der Waals surface area contributed by atoms with Crippen LogP contribution < -0.4 is 5.73 Å². The highest BCUT2D eigenvalue weighted by molar-refractivity contribution is 7.93. The lowest BCUT2D eigenvalue weighted by Crippen LogP contribution is -2.42. The van der Waals surface area contributed by atoms with Crippen LogP contribution in [0.5, 0.6) is 0 Å². The Balaban J connectivity index is 2.20. The third kappa shape index (κ3) is 0.941. The first-order valence-corrected chi connectivity index (χ1v) is 6.10. The fraction of sp³-hybridized carbons (Fsp3) is 1.00. The lowest BCUT2D eigenvalue weighted by Gasteiger charge is -2.29. The van der Waals surface area contributed by atoms with Crippen LogP contribution in [0.2, 0.25) is 0 Å². The minimum atomic E-state index is -2.87. The van der Waals surface area contributed by atoms with Crippen molar-refractivity contribution in [3.8, 4) is 0 Å². The zero-order valence-electron chi connectivity index (χ0n) is 7.12. The molecule has 0 saturated heterocycles. The molecule has 2 saturated carbocycles. The zero-order chi connectivity index (χ0) is 8.82. The summed E-state index contributed by atoms with van der Waals surface area (Å²) in [6.07, 6.45) is 4.39. The SMILES string of the molecule is NCC1(S(=O)(=O)C2CCC2)CC1. The zero-order valence-corrected chi connectivity index (χ0v) is 7.94. The van der Waals surface area contributed by atoms with E-state index >= 15 is 0 Å². The first kappa shape index (κ1) is 8.51. The molecule has 0 unspecified atom stereocenters. The fourth-order valence-electron chi connectivity index (χ4n) is 1.78. The van der Waals surface area contributed by atoms with Gasteiger partial charge in [0.1, 0.15) is 0 Å². The molecule has 0 aliphatic heterocycles. The molecule has 4 heteroatoms. The van der Waals surface area contributed by atoms with Crippen molar-refractivity contribution in [1.82, 2.24) is 0 Å². The molecule has 0 aromatic rings. The van der Waals surface area contributed by atoms with Crippen molar-refractivity contribution in [2.24, 2.45) is 5.73 Å². The molecule has 2 rings (SSSR count). The van der Waals surface area contributed by atoms with Crippen LogP contribution in [0.4, 0.5) is 0 Å². The normalized spacial score (nSPS) is 28.1. The van der Waals surface area contributed by atoms with Crippen LogP contribution in [-0.2, 0) is 9.84 Å². The van der Waals surface area contributed by atoms with Gasteiger partial charge in [-0.1, -0.05) is 6.42 Å². The number of nitrogens with two attached hydrogens (primary N) is 1. The predicted molar refractivity (Wildman–Crippen MR) is 47.6 cm³/mol.